The van der Waals surface area contributed by atoms with Gasteiger partial charge in [-0.25, -0.2) is 0 Å². The molecule has 1 heterocycles. The third-order valence-corrected chi connectivity index (χ3v) is 4.45. The highest BCUT2D eigenvalue weighted by molar-refractivity contribution is 6.03. The van der Waals surface area contributed by atoms with Crippen LogP contribution in [-0.4, -0.2) is 69.2 Å². The third-order valence-electron chi connectivity index (χ3n) is 4.45. The molecule has 1 fully saturated rings. The zero-order chi connectivity index (χ0) is 18.8. The maximum absolute atomic E-state index is 12.0. The van der Waals surface area contributed by atoms with E-state index in [-0.39, 0.29) is 18.2 Å². The molecule has 1 aliphatic rings. The quantitative estimate of drug-likeness (QED) is 0.648. The Labute approximate surface area is 155 Å². The molecular weight excluding hydrogens is 332 g/mol. The van der Waals surface area contributed by atoms with Gasteiger partial charge in [-0.05, 0) is 38.1 Å². The van der Waals surface area contributed by atoms with Gasteiger partial charge in [-0.1, -0.05) is 0 Å². The average molecular weight is 362 g/mol. The fourth-order valence-electron chi connectivity index (χ4n) is 2.94. The Morgan fingerprint density at radius 1 is 1.08 bits per heavy atom. The number of hydrogen-bond acceptors (Lipinski definition) is 5. The summed E-state index contributed by atoms with van der Waals surface area (Å²) in [6, 6.07) is 7.68. The predicted molar refractivity (Wildman–Crippen MR) is 104 cm³/mol. The van der Waals surface area contributed by atoms with Crippen LogP contribution in [0.5, 0.6) is 0 Å². The molecule has 0 saturated carbocycles. The van der Waals surface area contributed by atoms with E-state index in [2.05, 4.69) is 34.3 Å². The second kappa shape index (κ2) is 10.8. The smallest absolute Gasteiger partial charge is 0.233 e. The zero-order valence-electron chi connectivity index (χ0n) is 15.8. The highest BCUT2D eigenvalue weighted by Crippen LogP contribution is 2.17. The molecule has 144 valence electrons. The van der Waals surface area contributed by atoms with Crippen molar-refractivity contribution in [1.29, 1.82) is 0 Å². The number of rotatable bonds is 9. The van der Waals surface area contributed by atoms with E-state index in [9.17, 15) is 9.59 Å². The van der Waals surface area contributed by atoms with Crippen LogP contribution in [0, 0.1) is 0 Å². The van der Waals surface area contributed by atoms with Crippen LogP contribution in [0.3, 0.4) is 0 Å². The number of ether oxygens (including phenoxy) is 1. The van der Waals surface area contributed by atoms with Crippen LogP contribution in [0.4, 0.5) is 11.4 Å². The highest BCUT2D eigenvalue weighted by atomic mass is 16.5. The van der Waals surface area contributed by atoms with Crippen LogP contribution >= 0.6 is 0 Å². The number of benzene rings is 1. The molecule has 0 radical (unpaired) electrons. The molecule has 0 atom stereocenters. The summed E-state index contributed by atoms with van der Waals surface area (Å²) in [6.45, 7) is 10.7. The van der Waals surface area contributed by atoms with Crippen molar-refractivity contribution in [3.05, 3.63) is 24.3 Å². The molecule has 7 heteroatoms. The molecule has 2 rings (SSSR count). The lowest BCUT2D eigenvalue weighted by molar-refractivity contribution is -0.126. The standard InChI is InChI=1S/C19H30N4O3/c1-3-23(4-2)17-7-5-16(6-8-17)21-19(25)15-18(24)20-9-10-22-11-13-26-14-12-22/h5-8H,3-4,9-15H2,1-2H3,(H,20,24)(H,21,25). The Morgan fingerprint density at radius 3 is 2.35 bits per heavy atom. The molecule has 2 N–H and O–H groups in total. The van der Waals surface area contributed by atoms with Gasteiger partial charge in [0.15, 0.2) is 0 Å². The number of anilines is 2. The van der Waals surface area contributed by atoms with Crippen LogP contribution in [0.1, 0.15) is 20.3 Å². The van der Waals surface area contributed by atoms with Gasteiger partial charge in [0.2, 0.25) is 11.8 Å². The van der Waals surface area contributed by atoms with E-state index in [1.165, 1.54) is 0 Å². The molecule has 7 nitrogen and oxygen atoms in total. The molecule has 1 aliphatic heterocycles. The summed E-state index contributed by atoms with van der Waals surface area (Å²) in [5.74, 6) is -0.556. The van der Waals surface area contributed by atoms with E-state index in [1.807, 2.05) is 24.3 Å². The molecule has 2 amide bonds. The first-order valence-corrected chi connectivity index (χ1v) is 9.34. The maximum atomic E-state index is 12.0. The fraction of sp³-hybridized carbons (Fsp3) is 0.579. The first-order chi connectivity index (χ1) is 12.6. The summed E-state index contributed by atoms with van der Waals surface area (Å²) in [6.07, 6.45) is -0.166. The summed E-state index contributed by atoms with van der Waals surface area (Å²) in [5, 5.41) is 5.57. The van der Waals surface area contributed by atoms with Crippen molar-refractivity contribution in [2.75, 3.05) is 62.7 Å². The summed E-state index contributed by atoms with van der Waals surface area (Å²) in [7, 11) is 0. The number of nitrogens with zero attached hydrogens (tertiary/aromatic N) is 2. The number of nitrogens with one attached hydrogen (secondary N) is 2. The Balaban J connectivity index is 1.69. The second-order valence-electron chi connectivity index (χ2n) is 6.25. The molecule has 1 aromatic rings. The first-order valence-electron chi connectivity index (χ1n) is 9.34. The number of morpholine rings is 1. The summed E-state index contributed by atoms with van der Waals surface area (Å²) in [5.41, 5.74) is 1.82. The second-order valence-corrected chi connectivity index (χ2v) is 6.25. The Kier molecular flexibility index (Phi) is 8.37. The van der Waals surface area contributed by atoms with Gasteiger partial charge >= 0.3 is 0 Å². The summed E-state index contributed by atoms with van der Waals surface area (Å²) >= 11 is 0. The van der Waals surface area contributed by atoms with Gasteiger partial charge in [0.05, 0.1) is 13.2 Å². The van der Waals surface area contributed by atoms with Crippen LogP contribution < -0.4 is 15.5 Å². The van der Waals surface area contributed by atoms with Gasteiger partial charge in [0.25, 0.3) is 0 Å². The summed E-state index contributed by atoms with van der Waals surface area (Å²) in [4.78, 5) is 28.4. The minimum atomic E-state index is -0.301. The first kappa shape index (κ1) is 20.2. The number of carbonyl (C=O) groups excluding carboxylic acids is 2. The molecule has 0 spiro atoms. The highest BCUT2D eigenvalue weighted by Gasteiger charge is 2.12. The summed E-state index contributed by atoms with van der Waals surface area (Å²) < 4.78 is 5.28. The number of hydrogen-bond donors (Lipinski definition) is 2. The molecule has 0 aliphatic carbocycles. The largest absolute Gasteiger partial charge is 0.379 e. The monoisotopic (exact) mass is 362 g/mol. The molecule has 26 heavy (non-hydrogen) atoms. The van der Waals surface area contributed by atoms with E-state index in [1.54, 1.807) is 0 Å². The van der Waals surface area contributed by atoms with Crippen molar-refractivity contribution >= 4 is 23.2 Å². The third kappa shape index (κ3) is 6.65. The zero-order valence-corrected chi connectivity index (χ0v) is 15.8. The number of carbonyl (C=O) groups is 2. The van der Waals surface area contributed by atoms with E-state index in [4.69, 9.17) is 4.74 Å². The molecule has 0 aromatic heterocycles. The van der Waals surface area contributed by atoms with Gasteiger partial charge in [0.1, 0.15) is 6.42 Å². The maximum Gasteiger partial charge on any atom is 0.233 e. The lowest BCUT2D eigenvalue weighted by Crippen LogP contribution is -2.41. The van der Waals surface area contributed by atoms with Crippen molar-refractivity contribution in [3.63, 3.8) is 0 Å². The van der Waals surface area contributed by atoms with Gasteiger partial charge in [-0.15, -0.1) is 0 Å². The minimum absolute atomic E-state index is 0.166. The van der Waals surface area contributed by atoms with Crippen molar-refractivity contribution in [2.45, 2.75) is 20.3 Å². The predicted octanol–water partition coefficient (Wildman–Crippen LogP) is 1.31. The van der Waals surface area contributed by atoms with Gasteiger partial charge in [0, 0.05) is 50.6 Å². The van der Waals surface area contributed by atoms with Crippen molar-refractivity contribution < 1.29 is 14.3 Å². The van der Waals surface area contributed by atoms with Crippen LogP contribution in [0.15, 0.2) is 24.3 Å². The van der Waals surface area contributed by atoms with Crippen LogP contribution in [0.25, 0.3) is 0 Å². The Morgan fingerprint density at radius 2 is 1.73 bits per heavy atom. The lowest BCUT2D eigenvalue weighted by atomic mass is 10.2. The molecule has 0 bridgehead atoms. The lowest BCUT2D eigenvalue weighted by Gasteiger charge is -2.26. The van der Waals surface area contributed by atoms with Crippen LogP contribution in [-0.2, 0) is 14.3 Å². The van der Waals surface area contributed by atoms with Gasteiger partial charge < -0.3 is 20.3 Å². The van der Waals surface area contributed by atoms with Crippen molar-refractivity contribution in [2.24, 2.45) is 0 Å². The SMILES string of the molecule is CCN(CC)c1ccc(NC(=O)CC(=O)NCCN2CCOCC2)cc1. The minimum Gasteiger partial charge on any atom is -0.379 e. The van der Waals surface area contributed by atoms with E-state index in [0.29, 0.717) is 12.2 Å². The average Bonchev–Trinajstić information content (AvgIpc) is 2.65. The fourth-order valence-corrected chi connectivity index (χ4v) is 2.94. The topological polar surface area (TPSA) is 73.9 Å². The van der Waals surface area contributed by atoms with E-state index >= 15 is 0 Å². The normalized spacial score (nSPS) is 14.7. The molecule has 1 saturated heterocycles. The van der Waals surface area contributed by atoms with Gasteiger partial charge in [-0.2, -0.15) is 0 Å². The molecule has 1 aromatic carbocycles. The number of amides is 2. The van der Waals surface area contributed by atoms with Crippen molar-refractivity contribution in [1.82, 2.24) is 10.2 Å². The Hall–Kier alpha value is -2.12. The van der Waals surface area contributed by atoms with E-state index < -0.39 is 0 Å². The molecular formula is C19H30N4O3. The molecule has 0 unspecified atom stereocenters. The van der Waals surface area contributed by atoms with Gasteiger partial charge in [-0.3, -0.25) is 14.5 Å². The van der Waals surface area contributed by atoms with Crippen LogP contribution in [0.2, 0.25) is 0 Å². The van der Waals surface area contributed by atoms with Crippen molar-refractivity contribution in [3.8, 4) is 0 Å². The Bertz CT molecular complexity index is 567. The van der Waals surface area contributed by atoms with E-state index in [0.717, 1.165) is 51.6 Å².